The van der Waals surface area contributed by atoms with E-state index in [2.05, 4.69) is 27.7 Å². The van der Waals surface area contributed by atoms with Crippen molar-refractivity contribution < 1.29 is 14.3 Å². The molecule has 0 aliphatic carbocycles. The number of ether oxygens (including phenoxy) is 2. The molecule has 186 valence electrons. The molecule has 2 heterocycles. The summed E-state index contributed by atoms with van der Waals surface area (Å²) >= 11 is 0. The van der Waals surface area contributed by atoms with Gasteiger partial charge in [0.25, 0.3) is 11.5 Å². The first-order valence-corrected chi connectivity index (χ1v) is 12.0. The van der Waals surface area contributed by atoms with Gasteiger partial charge in [-0.1, -0.05) is 12.1 Å². The lowest BCUT2D eigenvalue weighted by Gasteiger charge is -2.32. The van der Waals surface area contributed by atoms with Crippen LogP contribution in [0.1, 0.15) is 28.8 Å². The monoisotopic (exact) mass is 478 g/mol. The Hall–Kier alpha value is -3.36. The van der Waals surface area contributed by atoms with Crippen molar-refractivity contribution in [1.29, 1.82) is 0 Å². The summed E-state index contributed by atoms with van der Waals surface area (Å²) in [4.78, 5) is 27.7. The highest BCUT2D eigenvalue weighted by molar-refractivity contribution is 6.06. The number of benzene rings is 2. The second-order valence-electron chi connectivity index (χ2n) is 8.85. The Morgan fingerprint density at radius 2 is 1.66 bits per heavy atom. The zero-order chi connectivity index (χ0) is 24.8. The number of methoxy groups -OCH3 is 2. The Bertz CT molecular complexity index is 1210. The number of rotatable bonds is 9. The number of hydrogen-bond acceptors (Lipinski definition) is 6. The number of fused-ring (bicyclic) bond motifs is 1. The minimum absolute atomic E-state index is 0.180. The molecule has 1 saturated heterocycles. The number of likely N-dealkylation sites (tertiary alicyclic amines) is 1. The highest BCUT2D eigenvalue weighted by Gasteiger charge is 2.20. The maximum Gasteiger partial charge on any atom is 0.251 e. The SMILES string of the molecule is CNC(=O)c1cc(=O)n(CCN2CCC(NCc3ccc(OC)cc3)CC2)c2cc(OC)ccc12. The van der Waals surface area contributed by atoms with Gasteiger partial charge in [0.05, 0.1) is 25.3 Å². The molecule has 8 heteroatoms. The number of carbonyl (C=O) groups excluding carboxylic acids is 1. The van der Waals surface area contributed by atoms with Crippen LogP contribution in [0.15, 0.2) is 53.3 Å². The van der Waals surface area contributed by atoms with Crippen molar-refractivity contribution >= 4 is 16.8 Å². The van der Waals surface area contributed by atoms with Gasteiger partial charge < -0.3 is 29.6 Å². The van der Waals surface area contributed by atoms with E-state index < -0.39 is 0 Å². The summed E-state index contributed by atoms with van der Waals surface area (Å²) in [5, 5.41) is 7.03. The highest BCUT2D eigenvalue weighted by Crippen LogP contribution is 2.23. The number of piperidine rings is 1. The molecule has 2 aromatic carbocycles. The molecular formula is C27H34N4O4. The summed E-state index contributed by atoms with van der Waals surface area (Å²) in [7, 11) is 4.84. The van der Waals surface area contributed by atoms with Crippen LogP contribution in [-0.4, -0.2) is 62.3 Å². The fourth-order valence-electron chi connectivity index (χ4n) is 4.65. The van der Waals surface area contributed by atoms with E-state index >= 15 is 0 Å². The van der Waals surface area contributed by atoms with E-state index in [0.717, 1.165) is 50.2 Å². The number of amides is 1. The quantitative estimate of drug-likeness (QED) is 0.492. The van der Waals surface area contributed by atoms with E-state index in [0.29, 0.717) is 29.4 Å². The van der Waals surface area contributed by atoms with E-state index in [4.69, 9.17) is 9.47 Å². The molecule has 1 amide bonds. The fourth-order valence-corrected chi connectivity index (χ4v) is 4.65. The number of aromatic nitrogens is 1. The van der Waals surface area contributed by atoms with Crippen molar-refractivity contribution in [3.63, 3.8) is 0 Å². The molecule has 2 N–H and O–H groups in total. The zero-order valence-corrected chi connectivity index (χ0v) is 20.7. The Morgan fingerprint density at radius 3 is 2.31 bits per heavy atom. The average molecular weight is 479 g/mol. The van der Waals surface area contributed by atoms with Crippen LogP contribution >= 0.6 is 0 Å². The number of nitrogens with zero attached hydrogens (tertiary/aromatic N) is 2. The predicted octanol–water partition coefficient (Wildman–Crippen LogP) is 2.63. The number of pyridine rings is 1. The smallest absolute Gasteiger partial charge is 0.251 e. The third-order valence-corrected chi connectivity index (χ3v) is 6.77. The molecule has 0 atom stereocenters. The van der Waals surface area contributed by atoms with Crippen LogP contribution < -0.4 is 25.7 Å². The number of carbonyl (C=O) groups is 1. The lowest BCUT2D eigenvalue weighted by molar-refractivity contribution is 0.0964. The van der Waals surface area contributed by atoms with E-state index in [1.54, 1.807) is 25.8 Å². The minimum atomic E-state index is -0.270. The molecule has 35 heavy (non-hydrogen) atoms. The molecule has 1 fully saturated rings. The third-order valence-electron chi connectivity index (χ3n) is 6.77. The molecule has 0 saturated carbocycles. The van der Waals surface area contributed by atoms with Crippen LogP contribution in [0.5, 0.6) is 11.5 Å². The van der Waals surface area contributed by atoms with E-state index in [1.165, 1.54) is 11.6 Å². The van der Waals surface area contributed by atoms with Crippen molar-refractivity contribution in [1.82, 2.24) is 20.1 Å². The number of hydrogen-bond donors (Lipinski definition) is 2. The van der Waals surface area contributed by atoms with Gasteiger partial charge in [0.1, 0.15) is 11.5 Å². The Balaban J connectivity index is 1.38. The zero-order valence-electron chi connectivity index (χ0n) is 20.7. The van der Waals surface area contributed by atoms with Crippen molar-refractivity contribution in [2.45, 2.75) is 32.0 Å². The second-order valence-corrected chi connectivity index (χ2v) is 8.85. The largest absolute Gasteiger partial charge is 0.497 e. The number of nitrogens with one attached hydrogen (secondary N) is 2. The van der Waals surface area contributed by atoms with E-state index in [-0.39, 0.29) is 11.5 Å². The van der Waals surface area contributed by atoms with E-state index in [9.17, 15) is 9.59 Å². The first-order valence-electron chi connectivity index (χ1n) is 12.0. The third kappa shape index (κ3) is 5.83. The molecule has 1 aliphatic rings. The van der Waals surface area contributed by atoms with E-state index in [1.807, 2.05) is 30.3 Å². The van der Waals surface area contributed by atoms with Crippen LogP contribution in [-0.2, 0) is 13.1 Å². The lowest BCUT2D eigenvalue weighted by atomic mass is 10.0. The Labute approximate surface area is 205 Å². The summed E-state index contributed by atoms with van der Waals surface area (Å²) in [5.74, 6) is 1.26. The first-order chi connectivity index (χ1) is 17.0. The van der Waals surface area contributed by atoms with Crippen molar-refractivity contribution in [3.05, 3.63) is 70.0 Å². The lowest BCUT2D eigenvalue weighted by Crippen LogP contribution is -2.43. The molecule has 8 nitrogen and oxygen atoms in total. The van der Waals surface area contributed by atoms with Crippen molar-refractivity contribution in [3.8, 4) is 11.5 Å². The minimum Gasteiger partial charge on any atom is -0.497 e. The van der Waals surface area contributed by atoms with Crippen molar-refractivity contribution in [2.24, 2.45) is 0 Å². The average Bonchev–Trinajstić information content (AvgIpc) is 2.91. The summed E-state index contributed by atoms with van der Waals surface area (Å²) < 4.78 is 12.3. The molecule has 0 bridgehead atoms. The molecule has 1 aromatic heterocycles. The van der Waals surface area contributed by atoms with Gasteiger partial charge >= 0.3 is 0 Å². The highest BCUT2D eigenvalue weighted by atomic mass is 16.5. The summed E-state index contributed by atoms with van der Waals surface area (Å²) in [6.07, 6.45) is 2.13. The molecule has 4 rings (SSSR count). The van der Waals surface area contributed by atoms with Gasteiger partial charge in [-0.05, 0) is 55.8 Å². The maximum atomic E-state index is 13.0. The summed E-state index contributed by atoms with van der Waals surface area (Å²) in [5.41, 5.74) is 2.16. The van der Waals surface area contributed by atoms with Gasteiger partial charge in [-0.15, -0.1) is 0 Å². The van der Waals surface area contributed by atoms with Crippen LogP contribution in [0.3, 0.4) is 0 Å². The van der Waals surface area contributed by atoms with Gasteiger partial charge in [-0.25, -0.2) is 0 Å². The molecular weight excluding hydrogens is 444 g/mol. The molecule has 0 spiro atoms. The molecule has 0 radical (unpaired) electrons. The Kier molecular flexibility index (Phi) is 8.05. The maximum absolute atomic E-state index is 13.0. The first kappa shape index (κ1) is 24.8. The van der Waals surface area contributed by atoms with Gasteiger partial charge in [-0.3, -0.25) is 9.59 Å². The van der Waals surface area contributed by atoms with Gasteiger partial charge in [0, 0.05) is 50.2 Å². The van der Waals surface area contributed by atoms with Crippen LogP contribution in [0.2, 0.25) is 0 Å². The standard InChI is InChI=1S/C27H34N4O4/c1-28-27(33)24-17-26(32)31(25-16-22(35-3)8-9-23(24)25)15-14-30-12-10-20(11-13-30)29-18-19-4-6-21(34-2)7-5-19/h4-9,16-17,20,29H,10-15,18H2,1-3H3,(H,28,33). The van der Waals surface area contributed by atoms with Crippen LogP contribution in [0, 0.1) is 0 Å². The van der Waals surface area contributed by atoms with Gasteiger partial charge in [0.15, 0.2) is 0 Å². The summed E-state index contributed by atoms with van der Waals surface area (Å²) in [6, 6.07) is 15.6. The molecule has 0 unspecified atom stereocenters. The topological polar surface area (TPSA) is 84.8 Å². The Morgan fingerprint density at radius 1 is 0.971 bits per heavy atom. The van der Waals surface area contributed by atoms with Gasteiger partial charge in [-0.2, -0.15) is 0 Å². The predicted molar refractivity (Wildman–Crippen MR) is 137 cm³/mol. The van der Waals surface area contributed by atoms with Gasteiger partial charge in [0.2, 0.25) is 0 Å². The van der Waals surface area contributed by atoms with Crippen LogP contribution in [0.25, 0.3) is 10.9 Å². The summed E-state index contributed by atoms with van der Waals surface area (Å²) in [6.45, 7) is 4.13. The normalized spacial score (nSPS) is 14.7. The van der Waals surface area contributed by atoms with Crippen molar-refractivity contribution in [2.75, 3.05) is 40.9 Å². The second kappa shape index (κ2) is 11.4. The molecule has 3 aromatic rings. The molecule has 1 aliphatic heterocycles. The van der Waals surface area contributed by atoms with Crippen LogP contribution in [0.4, 0.5) is 0 Å². The fraction of sp³-hybridized carbons (Fsp3) is 0.407.